The van der Waals surface area contributed by atoms with Gasteiger partial charge < -0.3 is 15.4 Å². The van der Waals surface area contributed by atoms with E-state index in [1.165, 1.54) is 11.5 Å². The van der Waals surface area contributed by atoms with Crippen LogP contribution in [0.5, 0.6) is 0 Å². The average molecular weight is 486 g/mol. The number of hydrogen-bond donors (Lipinski definition) is 2. The minimum Gasteiger partial charge on any atom is -0.445 e. The van der Waals surface area contributed by atoms with Crippen molar-refractivity contribution >= 4 is 35.1 Å². The van der Waals surface area contributed by atoms with Crippen molar-refractivity contribution in [1.29, 1.82) is 0 Å². The number of nitrogens with zero attached hydrogens (tertiary/aromatic N) is 1. The number of rotatable bonds is 7. The van der Waals surface area contributed by atoms with E-state index in [0.717, 1.165) is 16.1 Å². The van der Waals surface area contributed by atoms with E-state index in [4.69, 9.17) is 4.74 Å². The fourth-order valence-electron chi connectivity index (χ4n) is 3.90. The molecule has 0 radical (unpaired) electrons. The Balaban J connectivity index is 1.62. The summed E-state index contributed by atoms with van der Waals surface area (Å²) in [6.45, 7) is 4.06. The quantitative estimate of drug-likeness (QED) is 0.582. The zero-order chi connectivity index (χ0) is 24.5. The number of aryl methyl sites for hydroxylation is 1. The first-order chi connectivity index (χ1) is 16.3. The number of fused-ring (bicyclic) bond motifs is 2. The Morgan fingerprint density at radius 2 is 1.97 bits per heavy atom. The molecule has 9 heteroatoms. The number of aromatic nitrogens is 1. The van der Waals surface area contributed by atoms with Crippen LogP contribution in [0, 0.1) is 11.8 Å². The minimum atomic E-state index is -0.818. The molecule has 2 N–H and O–H groups in total. The van der Waals surface area contributed by atoms with E-state index >= 15 is 0 Å². The van der Waals surface area contributed by atoms with Crippen molar-refractivity contribution in [3.05, 3.63) is 52.5 Å². The van der Waals surface area contributed by atoms with E-state index in [0.29, 0.717) is 32.2 Å². The van der Waals surface area contributed by atoms with Gasteiger partial charge in [0.2, 0.25) is 5.78 Å². The van der Waals surface area contributed by atoms with Crippen LogP contribution in [0.1, 0.15) is 49.2 Å². The molecule has 1 aromatic carbocycles. The Bertz CT molecular complexity index is 1000. The molecule has 34 heavy (non-hydrogen) atoms. The molecule has 0 saturated heterocycles. The average Bonchev–Trinajstić information content (AvgIpc) is 3.27. The molecule has 0 fully saturated rings. The van der Waals surface area contributed by atoms with Gasteiger partial charge in [-0.05, 0) is 48.3 Å². The van der Waals surface area contributed by atoms with Crippen molar-refractivity contribution in [2.24, 2.45) is 11.8 Å². The lowest BCUT2D eigenvalue weighted by atomic mass is 9.87. The van der Waals surface area contributed by atoms with Gasteiger partial charge in [-0.3, -0.25) is 14.4 Å². The van der Waals surface area contributed by atoms with Crippen LogP contribution in [-0.4, -0.2) is 40.5 Å². The number of Topliss-reactive ketones (excluding diaryl/α,β-unsaturated/α-hetero) is 2. The maximum atomic E-state index is 13.1. The molecule has 2 aromatic rings. The summed E-state index contributed by atoms with van der Waals surface area (Å²) in [6.07, 6.45) is 1.53. The smallest absolute Gasteiger partial charge is 0.408 e. The summed E-state index contributed by atoms with van der Waals surface area (Å²) in [7, 11) is 0. The zero-order valence-electron chi connectivity index (χ0n) is 19.5. The van der Waals surface area contributed by atoms with Crippen LogP contribution >= 0.6 is 11.5 Å². The van der Waals surface area contributed by atoms with Gasteiger partial charge in [0.1, 0.15) is 6.61 Å². The molecule has 1 aliphatic heterocycles. The molecule has 0 spiro atoms. The summed E-state index contributed by atoms with van der Waals surface area (Å²) in [5.41, 5.74) is 1.80. The fourth-order valence-corrected chi connectivity index (χ4v) is 4.66. The fraction of sp³-hybridized carbons (Fsp3) is 0.480. The monoisotopic (exact) mass is 485 g/mol. The lowest BCUT2D eigenvalue weighted by Gasteiger charge is -2.23. The summed E-state index contributed by atoms with van der Waals surface area (Å²) < 4.78 is 9.68. The normalized spacial score (nSPS) is 17.8. The SMILES string of the molecule is CC(C)C(NC(=O)OCc1ccccc1)C(=O)CC1CCCc2cc(sn2)CCNC(=O)C1=O. The predicted molar refractivity (Wildman–Crippen MR) is 128 cm³/mol. The summed E-state index contributed by atoms with van der Waals surface area (Å²) in [4.78, 5) is 51.8. The summed E-state index contributed by atoms with van der Waals surface area (Å²) >= 11 is 1.41. The number of carbonyl (C=O) groups is 4. The zero-order valence-corrected chi connectivity index (χ0v) is 20.4. The number of amides is 2. The lowest BCUT2D eigenvalue weighted by Crippen LogP contribution is -2.46. The molecule has 2 amide bonds. The Kier molecular flexibility index (Phi) is 9.33. The summed E-state index contributed by atoms with van der Waals surface area (Å²) in [5.74, 6) is -2.49. The molecular weight excluding hydrogens is 454 g/mol. The molecule has 1 aliphatic rings. The number of carbonyl (C=O) groups excluding carboxylic acids is 4. The highest BCUT2D eigenvalue weighted by molar-refractivity contribution is 7.05. The van der Waals surface area contributed by atoms with Crippen LogP contribution in [0.15, 0.2) is 36.4 Å². The van der Waals surface area contributed by atoms with Crippen LogP contribution in [0.3, 0.4) is 0 Å². The van der Waals surface area contributed by atoms with Gasteiger partial charge in [-0.15, -0.1) is 0 Å². The number of nitrogens with one attached hydrogen (secondary N) is 2. The second-order valence-electron chi connectivity index (χ2n) is 8.84. The number of ether oxygens (including phenoxy) is 1. The van der Waals surface area contributed by atoms with E-state index in [1.807, 2.05) is 50.2 Å². The third-order valence-corrected chi connectivity index (χ3v) is 6.67. The van der Waals surface area contributed by atoms with E-state index in [9.17, 15) is 19.2 Å². The molecule has 8 nitrogen and oxygen atoms in total. The van der Waals surface area contributed by atoms with Gasteiger partial charge >= 0.3 is 6.09 Å². The highest BCUT2D eigenvalue weighted by Gasteiger charge is 2.32. The molecule has 2 heterocycles. The standard InChI is InChI=1S/C25H31N3O5S/c1-16(2)22(27-25(32)33-15-17-7-4-3-5-8-17)21(29)13-18-9-6-10-19-14-20(34-28-19)11-12-26-24(31)23(18)30/h3-5,7-8,14,16,18,22H,6,9-13,15H2,1-2H3,(H,26,31)(H,27,32). The number of alkyl carbamates (subject to hydrolysis) is 1. The van der Waals surface area contributed by atoms with Gasteiger partial charge in [0, 0.05) is 30.2 Å². The van der Waals surface area contributed by atoms with E-state index < -0.39 is 29.7 Å². The highest BCUT2D eigenvalue weighted by atomic mass is 32.1. The number of hydrogen-bond acceptors (Lipinski definition) is 7. The van der Waals surface area contributed by atoms with Crippen molar-refractivity contribution in [1.82, 2.24) is 15.0 Å². The highest BCUT2D eigenvalue weighted by Crippen LogP contribution is 2.21. The molecule has 0 saturated carbocycles. The van der Waals surface area contributed by atoms with Crippen LogP contribution in [0.25, 0.3) is 0 Å². The van der Waals surface area contributed by atoms with Gasteiger partial charge in [0.25, 0.3) is 5.91 Å². The van der Waals surface area contributed by atoms with Crippen molar-refractivity contribution in [3.63, 3.8) is 0 Å². The van der Waals surface area contributed by atoms with Gasteiger partial charge in [-0.1, -0.05) is 44.2 Å². The van der Waals surface area contributed by atoms with E-state index in [-0.39, 0.29) is 24.7 Å². The maximum Gasteiger partial charge on any atom is 0.408 e. The second kappa shape index (κ2) is 12.4. The molecule has 0 aliphatic carbocycles. The molecule has 2 unspecified atom stereocenters. The Labute approximate surface area is 203 Å². The van der Waals surface area contributed by atoms with Gasteiger partial charge in [0.05, 0.1) is 11.7 Å². The Morgan fingerprint density at radius 3 is 2.71 bits per heavy atom. The van der Waals surface area contributed by atoms with E-state index in [2.05, 4.69) is 15.0 Å². The van der Waals surface area contributed by atoms with Crippen LogP contribution < -0.4 is 10.6 Å². The lowest BCUT2D eigenvalue weighted by molar-refractivity contribution is -0.141. The van der Waals surface area contributed by atoms with Crippen LogP contribution in [0.2, 0.25) is 0 Å². The first kappa shape index (κ1) is 25.6. The first-order valence-electron chi connectivity index (χ1n) is 11.6. The largest absolute Gasteiger partial charge is 0.445 e. The van der Waals surface area contributed by atoms with Crippen molar-refractivity contribution < 1.29 is 23.9 Å². The summed E-state index contributed by atoms with van der Waals surface area (Å²) in [5, 5.41) is 5.30. The van der Waals surface area contributed by atoms with Crippen molar-refractivity contribution in [2.75, 3.05) is 6.54 Å². The number of benzene rings is 1. The van der Waals surface area contributed by atoms with Gasteiger partial charge in [-0.2, -0.15) is 4.37 Å². The second-order valence-corrected chi connectivity index (χ2v) is 9.73. The van der Waals surface area contributed by atoms with Gasteiger partial charge in [-0.25, -0.2) is 4.79 Å². The maximum absolute atomic E-state index is 13.1. The Morgan fingerprint density at radius 1 is 1.21 bits per heavy atom. The molecular formula is C25H31N3O5S. The third-order valence-electron chi connectivity index (χ3n) is 5.79. The molecule has 182 valence electrons. The first-order valence-corrected chi connectivity index (χ1v) is 12.4. The minimum absolute atomic E-state index is 0.0886. The van der Waals surface area contributed by atoms with Crippen LogP contribution in [0.4, 0.5) is 4.79 Å². The van der Waals surface area contributed by atoms with Crippen molar-refractivity contribution in [3.8, 4) is 0 Å². The third kappa shape index (κ3) is 7.48. The molecule has 2 atom stereocenters. The van der Waals surface area contributed by atoms with Crippen LogP contribution in [-0.2, 0) is 38.6 Å². The topological polar surface area (TPSA) is 114 Å². The van der Waals surface area contributed by atoms with E-state index in [1.54, 1.807) is 0 Å². The Hall–Kier alpha value is -3.07. The summed E-state index contributed by atoms with van der Waals surface area (Å²) in [6, 6.07) is 10.5. The molecule has 3 rings (SSSR count). The molecule has 1 aromatic heterocycles. The molecule has 2 bridgehead atoms. The van der Waals surface area contributed by atoms with Crippen molar-refractivity contribution in [2.45, 2.75) is 58.6 Å². The van der Waals surface area contributed by atoms with Gasteiger partial charge in [0.15, 0.2) is 5.78 Å². The predicted octanol–water partition coefficient (Wildman–Crippen LogP) is 3.23. The number of ketones is 2.